The fourth-order valence-electron chi connectivity index (χ4n) is 2.33. The van der Waals surface area contributed by atoms with Crippen LogP contribution >= 0.6 is 11.8 Å². The van der Waals surface area contributed by atoms with Crippen molar-refractivity contribution in [3.8, 4) is 0 Å². The van der Waals surface area contributed by atoms with Crippen LogP contribution in [0.5, 0.6) is 0 Å². The van der Waals surface area contributed by atoms with Gasteiger partial charge in [-0.2, -0.15) is 11.8 Å². The number of hydrogen-bond donors (Lipinski definition) is 0. The first kappa shape index (κ1) is 9.13. The number of thioether (sulfide) groups is 1. The van der Waals surface area contributed by atoms with Crippen LogP contribution in [0.3, 0.4) is 0 Å². The number of ether oxygens (including phenoxy) is 1. The quantitative estimate of drug-likeness (QED) is 0.502. The lowest BCUT2D eigenvalue weighted by atomic mass is 9.85. The molecule has 2 nitrogen and oxygen atoms in total. The van der Waals surface area contributed by atoms with Crippen LogP contribution in [0, 0.1) is 0 Å². The zero-order valence-corrected chi connectivity index (χ0v) is 8.60. The maximum atomic E-state index is 11.0. The smallest absolute Gasteiger partial charge is 0.303 e. The molecule has 2 bridgehead atoms. The molecule has 2 aliphatic heterocycles. The summed E-state index contributed by atoms with van der Waals surface area (Å²) in [6.07, 6.45) is 5.22. The molecule has 0 radical (unpaired) electrons. The Labute approximate surface area is 82.7 Å². The van der Waals surface area contributed by atoms with Gasteiger partial charge >= 0.3 is 5.97 Å². The lowest BCUT2D eigenvalue weighted by molar-refractivity contribution is -0.153. The van der Waals surface area contributed by atoms with Gasteiger partial charge in [-0.05, 0) is 18.9 Å². The topological polar surface area (TPSA) is 26.3 Å². The third-order valence-corrected chi connectivity index (χ3v) is 4.63. The van der Waals surface area contributed by atoms with E-state index in [0.29, 0.717) is 10.5 Å². The largest absolute Gasteiger partial charge is 0.454 e. The van der Waals surface area contributed by atoms with Gasteiger partial charge in [-0.1, -0.05) is 6.58 Å². The molecule has 3 unspecified atom stereocenters. The number of carbonyl (C=O) groups excluding carboxylic acids is 1. The van der Waals surface area contributed by atoms with E-state index in [1.807, 2.05) is 17.8 Å². The van der Waals surface area contributed by atoms with Crippen molar-refractivity contribution in [1.82, 2.24) is 0 Å². The maximum Gasteiger partial charge on any atom is 0.303 e. The second-order valence-electron chi connectivity index (χ2n) is 3.78. The minimum absolute atomic E-state index is 0.187. The Bertz CT molecular complexity index is 251. The zero-order valence-electron chi connectivity index (χ0n) is 7.79. The Hall–Kier alpha value is -0.440. The first-order chi connectivity index (χ1) is 6.16. The highest BCUT2D eigenvalue weighted by atomic mass is 32.2. The number of fused-ring (bicyclic) bond motifs is 2. The Morgan fingerprint density at radius 1 is 1.69 bits per heavy atom. The molecule has 72 valence electrons. The molecule has 0 N–H and O–H groups in total. The second-order valence-corrected chi connectivity index (χ2v) is 5.29. The predicted molar refractivity (Wildman–Crippen MR) is 53.7 cm³/mol. The summed E-state index contributed by atoms with van der Waals surface area (Å²) in [7, 11) is 0. The molecule has 0 aromatic carbocycles. The molecule has 2 heterocycles. The number of rotatable bonds is 2. The summed E-state index contributed by atoms with van der Waals surface area (Å²) >= 11 is 1.96. The Kier molecular flexibility index (Phi) is 2.14. The van der Waals surface area contributed by atoms with Crippen LogP contribution < -0.4 is 0 Å². The van der Waals surface area contributed by atoms with Gasteiger partial charge in [0.05, 0.1) is 0 Å². The van der Waals surface area contributed by atoms with Crippen LogP contribution in [-0.4, -0.2) is 22.1 Å². The van der Waals surface area contributed by atoms with Crippen molar-refractivity contribution in [3.05, 3.63) is 12.7 Å². The molecule has 0 aliphatic carbocycles. The molecule has 2 saturated heterocycles. The fourth-order valence-corrected chi connectivity index (χ4v) is 4.17. The molecular weight excluding hydrogens is 184 g/mol. The molecule has 2 aliphatic rings. The van der Waals surface area contributed by atoms with Crippen LogP contribution in [0.4, 0.5) is 0 Å². The van der Waals surface area contributed by atoms with E-state index in [1.54, 1.807) is 0 Å². The Morgan fingerprint density at radius 3 is 2.85 bits per heavy atom. The van der Waals surface area contributed by atoms with Crippen molar-refractivity contribution in [2.24, 2.45) is 0 Å². The molecule has 2 rings (SSSR count). The monoisotopic (exact) mass is 198 g/mol. The van der Waals surface area contributed by atoms with Crippen LogP contribution in [0.15, 0.2) is 12.7 Å². The molecule has 2 fully saturated rings. The van der Waals surface area contributed by atoms with E-state index in [9.17, 15) is 4.79 Å². The normalized spacial score (nSPS) is 41.9. The van der Waals surface area contributed by atoms with Crippen molar-refractivity contribution in [2.75, 3.05) is 0 Å². The summed E-state index contributed by atoms with van der Waals surface area (Å²) in [4.78, 5) is 11.0. The highest BCUT2D eigenvalue weighted by Crippen LogP contribution is 2.53. The molecule has 0 aromatic heterocycles. The van der Waals surface area contributed by atoms with Crippen LogP contribution in [0.2, 0.25) is 0 Å². The standard InChI is InChI=1S/C10H14O2S/c1-3-10(12-7(2)11)6-8-4-5-9(10)13-8/h3,8-9H,1,4-6H2,2H3. The van der Waals surface area contributed by atoms with Gasteiger partial charge in [0.25, 0.3) is 0 Å². The van der Waals surface area contributed by atoms with Gasteiger partial charge in [0.1, 0.15) is 5.60 Å². The van der Waals surface area contributed by atoms with Crippen molar-refractivity contribution in [1.29, 1.82) is 0 Å². The van der Waals surface area contributed by atoms with E-state index >= 15 is 0 Å². The van der Waals surface area contributed by atoms with Gasteiger partial charge in [0.15, 0.2) is 0 Å². The molecule has 0 saturated carbocycles. The fraction of sp³-hybridized carbons (Fsp3) is 0.700. The Morgan fingerprint density at radius 2 is 2.46 bits per heavy atom. The average Bonchev–Trinajstić information content (AvgIpc) is 2.62. The first-order valence-electron chi connectivity index (χ1n) is 4.65. The van der Waals surface area contributed by atoms with Gasteiger partial charge < -0.3 is 4.74 Å². The Balaban J connectivity index is 2.17. The van der Waals surface area contributed by atoms with E-state index in [-0.39, 0.29) is 11.6 Å². The van der Waals surface area contributed by atoms with Gasteiger partial charge in [0.2, 0.25) is 0 Å². The average molecular weight is 198 g/mol. The van der Waals surface area contributed by atoms with Gasteiger partial charge in [-0.25, -0.2) is 0 Å². The van der Waals surface area contributed by atoms with E-state index in [0.717, 1.165) is 12.8 Å². The molecule has 0 aromatic rings. The SMILES string of the molecule is C=CC1(OC(C)=O)CC2CCC1S2. The van der Waals surface area contributed by atoms with Crippen LogP contribution in [-0.2, 0) is 9.53 Å². The number of esters is 1. The van der Waals surface area contributed by atoms with E-state index in [1.165, 1.54) is 13.3 Å². The number of carbonyl (C=O) groups is 1. The maximum absolute atomic E-state index is 11.0. The second kappa shape index (κ2) is 3.05. The minimum atomic E-state index is -0.348. The summed E-state index contributed by atoms with van der Waals surface area (Å²) in [5.74, 6) is -0.187. The van der Waals surface area contributed by atoms with E-state index in [2.05, 4.69) is 6.58 Å². The summed E-state index contributed by atoms with van der Waals surface area (Å²) < 4.78 is 5.40. The first-order valence-corrected chi connectivity index (χ1v) is 5.59. The van der Waals surface area contributed by atoms with Gasteiger partial charge in [-0.15, -0.1) is 0 Å². The van der Waals surface area contributed by atoms with Crippen LogP contribution in [0.25, 0.3) is 0 Å². The van der Waals surface area contributed by atoms with E-state index in [4.69, 9.17) is 4.74 Å². The lowest BCUT2D eigenvalue weighted by Crippen LogP contribution is -2.41. The lowest BCUT2D eigenvalue weighted by Gasteiger charge is -2.32. The van der Waals surface area contributed by atoms with Crippen LogP contribution in [0.1, 0.15) is 26.2 Å². The molecule has 0 amide bonds. The van der Waals surface area contributed by atoms with Crippen molar-refractivity contribution in [3.63, 3.8) is 0 Å². The summed E-state index contributed by atoms with van der Waals surface area (Å²) in [6, 6.07) is 0. The number of hydrogen-bond acceptors (Lipinski definition) is 3. The highest BCUT2D eigenvalue weighted by Gasteiger charge is 2.52. The third-order valence-electron chi connectivity index (χ3n) is 2.88. The summed E-state index contributed by atoms with van der Waals surface area (Å²) in [5.41, 5.74) is -0.348. The molecular formula is C10H14O2S. The third kappa shape index (κ3) is 1.39. The van der Waals surface area contributed by atoms with Gasteiger partial charge in [-0.3, -0.25) is 4.79 Å². The minimum Gasteiger partial charge on any atom is -0.454 e. The molecule has 3 atom stereocenters. The van der Waals surface area contributed by atoms with E-state index < -0.39 is 0 Å². The summed E-state index contributed by atoms with van der Waals surface area (Å²) in [5, 5.41) is 1.14. The van der Waals surface area contributed by atoms with Gasteiger partial charge in [0, 0.05) is 23.8 Å². The zero-order chi connectivity index (χ0) is 9.47. The van der Waals surface area contributed by atoms with Crippen molar-refractivity contribution >= 4 is 17.7 Å². The molecule has 0 spiro atoms. The summed E-state index contributed by atoms with van der Waals surface area (Å²) in [6.45, 7) is 5.27. The molecule has 13 heavy (non-hydrogen) atoms. The molecule has 3 heteroatoms. The highest BCUT2D eigenvalue weighted by molar-refractivity contribution is 8.01. The van der Waals surface area contributed by atoms with Crippen molar-refractivity contribution < 1.29 is 9.53 Å². The van der Waals surface area contributed by atoms with Crippen molar-refractivity contribution in [2.45, 2.75) is 42.3 Å². The predicted octanol–water partition coefficient (Wildman–Crippen LogP) is 2.14.